The molecule has 2 aromatic rings. The molecular weight excluding hydrogens is 418 g/mol. The molecule has 8 heteroatoms. The molecule has 2 aliphatic rings. The summed E-state index contributed by atoms with van der Waals surface area (Å²) in [6.07, 6.45) is -2.29. The van der Waals surface area contributed by atoms with Crippen LogP contribution in [0.25, 0.3) is 0 Å². The number of fused-ring (bicyclic) bond motifs is 2. The van der Waals surface area contributed by atoms with Crippen LogP contribution in [0.1, 0.15) is 72.0 Å². The smallest absolute Gasteiger partial charge is 0.256 e. The molecule has 0 spiro atoms. The Bertz CT molecular complexity index is 944. The van der Waals surface area contributed by atoms with Gasteiger partial charge in [0.25, 0.3) is 11.8 Å². The van der Waals surface area contributed by atoms with Crippen molar-refractivity contribution in [3.8, 4) is 0 Å². The van der Waals surface area contributed by atoms with Crippen LogP contribution in [0.5, 0.6) is 0 Å². The number of rotatable bonds is 4. The highest BCUT2D eigenvalue weighted by molar-refractivity contribution is 5.99. The molecule has 2 unspecified atom stereocenters. The molecular formula is C24H28F2N2O4. The highest BCUT2D eigenvalue weighted by Gasteiger charge is 2.38. The number of carbonyl (C=O) groups is 2. The van der Waals surface area contributed by atoms with Gasteiger partial charge in [-0.25, -0.2) is 8.78 Å². The van der Waals surface area contributed by atoms with E-state index in [-0.39, 0.29) is 45.9 Å². The lowest BCUT2D eigenvalue weighted by atomic mass is 10.1. The van der Waals surface area contributed by atoms with Gasteiger partial charge in [-0.15, -0.1) is 0 Å². The molecule has 0 fully saturated rings. The average Bonchev–Trinajstić information content (AvgIpc) is 3.10. The Morgan fingerprint density at radius 2 is 1.09 bits per heavy atom. The van der Waals surface area contributed by atoms with E-state index in [4.69, 9.17) is 0 Å². The monoisotopic (exact) mass is 446 g/mol. The summed E-state index contributed by atoms with van der Waals surface area (Å²) in [4.78, 5) is 26.4. The van der Waals surface area contributed by atoms with Crippen LogP contribution in [0.4, 0.5) is 8.78 Å². The van der Waals surface area contributed by atoms with Gasteiger partial charge >= 0.3 is 0 Å². The van der Waals surface area contributed by atoms with Crippen LogP contribution in [0.3, 0.4) is 0 Å². The van der Waals surface area contributed by atoms with E-state index < -0.39 is 24.1 Å². The molecule has 0 radical (unpaired) electrons. The summed E-state index contributed by atoms with van der Waals surface area (Å²) in [5.41, 5.74) is 0.752. The van der Waals surface area contributed by atoms with Gasteiger partial charge in [0, 0.05) is 24.2 Å². The lowest BCUT2D eigenvalue weighted by Crippen LogP contribution is -2.31. The molecule has 2 heterocycles. The molecule has 4 rings (SSSR count). The van der Waals surface area contributed by atoms with Crippen LogP contribution in [-0.4, -0.2) is 44.9 Å². The van der Waals surface area contributed by atoms with Crippen LogP contribution in [0.2, 0.25) is 0 Å². The quantitative estimate of drug-likeness (QED) is 0.748. The lowest BCUT2D eigenvalue weighted by molar-refractivity contribution is 0.0106. The van der Waals surface area contributed by atoms with Gasteiger partial charge in [0.2, 0.25) is 0 Å². The van der Waals surface area contributed by atoms with Crippen molar-refractivity contribution in [3.63, 3.8) is 0 Å². The highest BCUT2D eigenvalue weighted by atomic mass is 19.1. The number of aliphatic hydroxyl groups excluding tert-OH is 2. The Morgan fingerprint density at radius 3 is 1.38 bits per heavy atom. The van der Waals surface area contributed by atoms with Crippen molar-refractivity contribution < 1.29 is 28.6 Å². The first-order chi connectivity index (χ1) is 15.0. The molecule has 172 valence electrons. The molecule has 2 aromatic carbocycles. The fourth-order valence-electron chi connectivity index (χ4n) is 3.97. The van der Waals surface area contributed by atoms with Crippen molar-refractivity contribution in [1.29, 1.82) is 0 Å². The zero-order valence-corrected chi connectivity index (χ0v) is 18.5. The molecule has 0 saturated heterocycles. The van der Waals surface area contributed by atoms with Crippen molar-refractivity contribution >= 4 is 11.8 Å². The van der Waals surface area contributed by atoms with Gasteiger partial charge in [-0.3, -0.25) is 9.59 Å². The second kappa shape index (κ2) is 9.34. The van der Waals surface area contributed by atoms with Crippen LogP contribution < -0.4 is 0 Å². The number of benzene rings is 2. The number of nitrogens with zero attached hydrogens (tertiary/aromatic N) is 2. The van der Waals surface area contributed by atoms with Crippen LogP contribution in [-0.2, 0) is 0 Å². The van der Waals surface area contributed by atoms with E-state index in [0.29, 0.717) is 13.1 Å². The Labute approximate surface area is 186 Å². The zero-order chi connectivity index (χ0) is 23.7. The molecule has 2 amide bonds. The van der Waals surface area contributed by atoms with Crippen molar-refractivity contribution in [3.05, 3.63) is 70.3 Å². The number of halogens is 2. The highest BCUT2D eigenvalue weighted by Crippen LogP contribution is 2.34. The number of hydrogen-bond donors (Lipinski definition) is 2. The molecule has 0 bridgehead atoms. The van der Waals surface area contributed by atoms with Gasteiger partial charge in [0.05, 0.1) is 11.1 Å². The van der Waals surface area contributed by atoms with Gasteiger partial charge in [-0.1, -0.05) is 39.8 Å². The third-order valence-corrected chi connectivity index (χ3v) is 5.32. The molecule has 2 aliphatic heterocycles. The minimum Gasteiger partial charge on any atom is -0.369 e. The Balaban J connectivity index is 0.000000181. The summed E-state index contributed by atoms with van der Waals surface area (Å²) in [5, 5.41) is 19.8. The second-order valence-corrected chi connectivity index (χ2v) is 8.85. The summed E-state index contributed by atoms with van der Waals surface area (Å²) in [5.74, 6) is -1.17. The maximum absolute atomic E-state index is 13.5. The van der Waals surface area contributed by atoms with Crippen molar-refractivity contribution in [2.24, 2.45) is 11.8 Å². The Hall–Kier alpha value is -2.84. The Morgan fingerprint density at radius 1 is 0.750 bits per heavy atom. The molecule has 2 atom stereocenters. The normalized spacial score (nSPS) is 19.4. The fourth-order valence-corrected chi connectivity index (χ4v) is 3.97. The van der Waals surface area contributed by atoms with Crippen LogP contribution in [0.15, 0.2) is 36.4 Å². The van der Waals surface area contributed by atoms with E-state index >= 15 is 0 Å². The van der Waals surface area contributed by atoms with Gasteiger partial charge < -0.3 is 20.0 Å². The molecule has 0 aromatic heterocycles. The third kappa shape index (κ3) is 4.38. The van der Waals surface area contributed by atoms with E-state index in [1.165, 1.54) is 34.1 Å². The van der Waals surface area contributed by atoms with Crippen molar-refractivity contribution in [2.75, 3.05) is 13.1 Å². The SMILES string of the molecule is CC(C)CN1C(=O)c2cccc(F)c2C1O.CC(C)CN1C(=O)c2cccc(F)c2C1O. The van der Waals surface area contributed by atoms with E-state index in [1.54, 1.807) is 12.1 Å². The van der Waals surface area contributed by atoms with Gasteiger partial charge in [-0.2, -0.15) is 0 Å². The number of carbonyl (C=O) groups excluding carboxylic acids is 2. The third-order valence-electron chi connectivity index (χ3n) is 5.32. The molecule has 2 N–H and O–H groups in total. The van der Waals surface area contributed by atoms with E-state index in [1.807, 2.05) is 27.7 Å². The summed E-state index contributed by atoms with van der Waals surface area (Å²) in [6.45, 7) is 8.62. The molecule has 6 nitrogen and oxygen atoms in total. The van der Waals surface area contributed by atoms with Gasteiger partial charge in [-0.05, 0) is 36.1 Å². The molecule has 0 aliphatic carbocycles. The predicted molar refractivity (Wildman–Crippen MR) is 114 cm³/mol. The molecule has 32 heavy (non-hydrogen) atoms. The summed E-state index contributed by atoms with van der Waals surface area (Å²) in [7, 11) is 0. The lowest BCUT2D eigenvalue weighted by Gasteiger charge is -2.22. The topological polar surface area (TPSA) is 81.1 Å². The minimum atomic E-state index is -1.15. The maximum atomic E-state index is 13.5. The van der Waals surface area contributed by atoms with E-state index in [2.05, 4.69) is 0 Å². The zero-order valence-electron chi connectivity index (χ0n) is 18.5. The largest absolute Gasteiger partial charge is 0.369 e. The average molecular weight is 446 g/mol. The number of aliphatic hydroxyl groups is 2. The van der Waals surface area contributed by atoms with Gasteiger partial charge in [0.1, 0.15) is 11.6 Å². The van der Waals surface area contributed by atoms with Gasteiger partial charge in [0.15, 0.2) is 12.5 Å². The number of hydrogen-bond acceptors (Lipinski definition) is 4. The van der Waals surface area contributed by atoms with E-state index in [0.717, 1.165) is 0 Å². The van der Waals surface area contributed by atoms with Crippen LogP contribution >= 0.6 is 0 Å². The summed E-state index contributed by atoms with van der Waals surface area (Å²) in [6, 6.07) is 8.58. The first kappa shape index (κ1) is 23.8. The predicted octanol–water partition coefficient (Wildman–Crippen LogP) is 3.86. The first-order valence-electron chi connectivity index (χ1n) is 10.6. The fraction of sp³-hybridized carbons (Fsp3) is 0.417. The first-order valence-corrected chi connectivity index (χ1v) is 10.6. The number of amides is 2. The van der Waals surface area contributed by atoms with Crippen molar-refractivity contribution in [1.82, 2.24) is 9.80 Å². The summed E-state index contributed by atoms with van der Waals surface area (Å²) < 4.78 is 27.0. The van der Waals surface area contributed by atoms with Crippen molar-refractivity contribution in [2.45, 2.75) is 40.2 Å². The maximum Gasteiger partial charge on any atom is 0.256 e. The minimum absolute atomic E-state index is 0.105. The van der Waals surface area contributed by atoms with Crippen LogP contribution in [0, 0.1) is 23.5 Å². The summed E-state index contributed by atoms with van der Waals surface area (Å²) >= 11 is 0. The Kier molecular flexibility index (Phi) is 6.95. The second-order valence-electron chi connectivity index (χ2n) is 8.85. The van der Waals surface area contributed by atoms with E-state index in [9.17, 15) is 28.6 Å². The standard InChI is InChI=1S/2C12H14FNO2/c2*1-7(2)6-14-11(15)8-4-3-5-9(13)10(8)12(14)16/h2*3-5,7,12,16H,6H2,1-2H3. The molecule has 0 saturated carbocycles.